The van der Waals surface area contributed by atoms with Crippen LogP contribution in [0.4, 0.5) is 5.69 Å². The van der Waals surface area contributed by atoms with E-state index in [-0.39, 0.29) is 23.5 Å². The molecule has 0 aliphatic carbocycles. The Morgan fingerprint density at radius 2 is 1.68 bits per heavy atom. The molecule has 5 nitrogen and oxygen atoms in total. The molecule has 0 radical (unpaired) electrons. The predicted molar refractivity (Wildman–Crippen MR) is 97.2 cm³/mol. The number of carboxylic acids is 1. The standard InChI is InChI=1S/C20H23NO4/c1-20(2,3)25-16-11-9-15(10-12-16)21-18(22)13-8-14-6-4-5-7-17(14)19(23)24/h4-7,9-12H,8,13H2,1-3H3,(H,21,22)(H,23,24). The maximum atomic E-state index is 12.1. The van der Waals surface area contributed by atoms with Crippen molar-refractivity contribution in [2.75, 3.05) is 5.32 Å². The predicted octanol–water partition coefficient (Wildman–Crippen LogP) is 4.13. The summed E-state index contributed by atoms with van der Waals surface area (Å²) in [5.41, 5.74) is 1.29. The van der Waals surface area contributed by atoms with Gasteiger partial charge in [-0.1, -0.05) is 18.2 Å². The van der Waals surface area contributed by atoms with E-state index in [1.165, 1.54) is 0 Å². The fraction of sp³-hybridized carbons (Fsp3) is 0.300. The minimum absolute atomic E-state index is 0.162. The lowest BCUT2D eigenvalue weighted by atomic mass is 10.0. The highest BCUT2D eigenvalue weighted by molar-refractivity contribution is 5.92. The average molecular weight is 341 g/mol. The lowest BCUT2D eigenvalue weighted by Crippen LogP contribution is -2.22. The van der Waals surface area contributed by atoms with E-state index in [9.17, 15) is 9.59 Å². The van der Waals surface area contributed by atoms with Crippen molar-refractivity contribution in [2.45, 2.75) is 39.2 Å². The molecular formula is C20H23NO4. The van der Waals surface area contributed by atoms with Gasteiger partial charge in [0.05, 0.1) is 5.56 Å². The van der Waals surface area contributed by atoms with Crippen LogP contribution < -0.4 is 10.1 Å². The highest BCUT2D eigenvalue weighted by Crippen LogP contribution is 2.20. The van der Waals surface area contributed by atoms with E-state index in [0.717, 1.165) is 5.75 Å². The van der Waals surface area contributed by atoms with Crippen molar-refractivity contribution in [3.05, 3.63) is 59.7 Å². The second-order valence-electron chi connectivity index (χ2n) is 6.75. The number of ether oxygens (including phenoxy) is 1. The number of hydrogen-bond acceptors (Lipinski definition) is 3. The molecule has 0 bridgehead atoms. The highest BCUT2D eigenvalue weighted by atomic mass is 16.5. The van der Waals surface area contributed by atoms with Crippen molar-refractivity contribution in [1.29, 1.82) is 0 Å². The van der Waals surface area contributed by atoms with Crippen LogP contribution in [0.2, 0.25) is 0 Å². The number of carbonyl (C=O) groups is 2. The van der Waals surface area contributed by atoms with Crippen molar-refractivity contribution in [3.8, 4) is 5.75 Å². The van der Waals surface area contributed by atoms with Gasteiger partial charge in [0.15, 0.2) is 0 Å². The van der Waals surface area contributed by atoms with Gasteiger partial charge in [0, 0.05) is 12.1 Å². The van der Waals surface area contributed by atoms with Gasteiger partial charge in [-0.15, -0.1) is 0 Å². The van der Waals surface area contributed by atoms with Gasteiger partial charge in [0.2, 0.25) is 5.91 Å². The minimum atomic E-state index is -0.981. The van der Waals surface area contributed by atoms with Crippen LogP contribution >= 0.6 is 0 Å². The zero-order valence-electron chi connectivity index (χ0n) is 14.7. The van der Waals surface area contributed by atoms with Crippen molar-refractivity contribution in [2.24, 2.45) is 0 Å². The molecule has 0 unspecified atom stereocenters. The first kappa shape index (κ1) is 18.5. The summed E-state index contributed by atoms with van der Waals surface area (Å²) >= 11 is 0. The monoisotopic (exact) mass is 341 g/mol. The summed E-state index contributed by atoms with van der Waals surface area (Å²) < 4.78 is 5.73. The number of rotatable bonds is 6. The summed E-state index contributed by atoms with van der Waals surface area (Å²) in [6, 6.07) is 13.9. The van der Waals surface area contributed by atoms with Crippen LogP contribution in [0.1, 0.15) is 43.1 Å². The highest BCUT2D eigenvalue weighted by Gasteiger charge is 2.12. The third-order valence-electron chi connectivity index (χ3n) is 3.43. The van der Waals surface area contributed by atoms with Crippen LogP contribution in [-0.4, -0.2) is 22.6 Å². The molecule has 0 aliphatic heterocycles. The van der Waals surface area contributed by atoms with Gasteiger partial charge >= 0.3 is 5.97 Å². The summed E-state index contributed by atoms with van der Waals surface area (Å²) in [4.78, 5) is 23.3. The molecule has 0 heterocycles. The van der Waals surface area contributed by atoms with Gasteiger partial charge in [-0.2, -0.15) is 0 Å². The average Bonchev–Trinajstić information content (AvgIpc) is 2.53. The summed E-state index contributed by atoms with van der Waals surface area (Å²) in [5.74, 6) is -0.406. The van der Waals surface area contributed by atoms with Crippen LogP contribution in [0.5, 0.6) is 5.75 Å². The van der Waals surface area contributed by atoms with Gasteiger partial charge < -0.3 is 15.2 Å². The Kier molecular flexibility index (Phi) is 5.80. The summed E-state index contributed by atoms with van der Waals surface area (Å²) in [6.45, 7) is 5.91. The number of hydrogen-bond donors (Lipinski definition) is 2. The molecule has 5 heteroatoms. The number of aromatic carboxylic acids is 1. The van der Waals surface area contributed by atoms with Crippen LogP contribution in [0.3, 0.4) is 0 Å². The molecule has 2 rings (SSSR count). The molecule has 0 saturated carbocycles. The number of aryl methyl sites for hydroxylation is 1. The van der Waals surface area contributed by atoms with Crippen molar-refractivity contribution in [1.82, 2.24) is 0 Å². The Morgan fingerprint density at radius 1 is 1.04 bits per heavy atom. The summed E-state index contributed by atoms with van der Waals surface area (Å²) in [6.07, 6.45) is 0.587. The fourth-order valence-electron chi connectivity index (χ4n) is 2.38. The number of benzene rings is 2. The number of nitrogens with one attached hydrogen (secondary N) is 1. The topological polar surface area (TPSA) is 75.6 Å². The Labute approximate surface area is 147 Å². The Balaban J connectivity index is 1.92. The molecule has 2 aromatic rings. The Morgan fingerprint density at radius 3 is 2.28 bits per heavy atom. The Hall–Kier alpha value is -2.82. The second-order valence-corrected chi connectivity index (χ2v) is 6.75. The quantitative estimate of drug-likeness (QED) is 0.828. The molecule has 0 saturated heterocycles. The number of carbonyl (C=O) groups excluding carboxylic acids is 1. The second kappa shape index (κ2) is 7.83. The Bertz CT molecular complexity index is 745. The van der Waals surface area contributed by atoms with E-state index in [1.807, 2.05) is 20.8 Å². The van der Waals surface area contributed by atoms with Gasteiger partial charge in [-0.05, 0) is 63.1 Å². The third kappa shape index (κ3) is 5.95. The molecule has 25 heavy (non-hydrogen) atoms. The molecule has 0 aliphatic rings. The van der Waals surface area contributed by atoms with Crippen molar-refractivity contribution >= 4 is 17.6 Å². The van der Waals surface area contributed by atoms with E-state index in [0.29, 0.717) is 17.7 Å². The van der Waals surface area contributed by atoms with Gasteiger partial charge in [-0.25, -0.2) is 4.79 Å². The van der Waals surface area contributed by atoms with E-state index in [1.54, 1.807) is 48.5 Å². The van der Waals surface area contributed by atoms with E-state index in [2.05, 4.69) is 5.32 Å². The molecular weight excluding hydrogens is 318 g/mol. The molecule has 0 atom stereocenters. The summed E-state index contributed by atoms with van der Waals surface area (Å²) in [7, 11) is 0. The van der Waals surface area contributed by atoms with E-state index < -0.39 is 5.97 Å². The first-order chi connectivity index (χ1) is 11.7. The maximum Gasteiger partial charge on any atom is 0.335 e. The number of amides is 1. The number of carboxylic acid groups (broad SMARTS) is 1. The van der Waals surface area contributed by atoms with Gasteiger partial charge in [0.25, 0.3) is 0 Å². The van der Waals surface area contributed by atoms with Crippen molar-refractivity contribution < 1.29 is 19.4 Å². The van der Waals surface area contributed by atoms with Gasteiger partial charge in [-0.3, -0.25) is 4.79 Å². The number of anilines is 1. The first-order valence-electron chi connectivity index (χ1n) is 8.15. The maximum absolute atomic E-state index is 12.1. The SMILES string of the molecule is CC(C)(C)Oc1ccc(NC(=O)CCc2ccccc2C(=O)O)cc1. The molecule has 1 amide bonds. The fourth-order valence-corrected chi connectivity index (χ4v) is 2.38. The largest absolute Gasteiger partial charge is 0.488 e. The van der Waals surface area contributed by atoms with Crippen LogP contribution in [0, 0.1) is 0 Å². The zero-order valence-corrected chi connectivity index (χ0v) is 14.7. The van der Waals surface area contributed by atoms with Crippen LogP contribution in [0.15, 0.2) is 48.5 Å². The normalized spacial score (nSPS) is 11.0. The smallest absolute Gasteiger partial charge is 0.335 e. The minimum Gasteiger partial charge on any atom is -0.488 e. The molecule has 0 aromatic heterocycles. The van der Waals surface area contributed by atoms with E-state index in [4.69, 9.17) is 9.84 Å². The molecule has 2 N–H and O–H groups in total. The van der Waals surface area contributed by atoms with E-state index >= 15 is 0 Å². The molecule has 0 spiro atoms. The first-order valence-corrected chi connectivity index (χ1v) is 8.15. The lowest BCUT2D eigenvalue weighted by Gasteiger charge is -2.21. The third-order valence-corrected chi connectivity index (χ3v) is 3.43. The summed E-state index contributed by atoms with van der Waals surface area (Å²) in [5, 5.41) is 12.0. The zero-order chi connectivity index (χ0) is 18.4. The molecule has 132 valence electrons. The van der Waals surface area contributed by atoms with Gasteiger partial charge in [0.1, 0.15) is 11.4 Å². The molecule has 2 aromatic carbocycles. The lowest BCUT2D eigenvalue weighted by molar-refractivity contribution is -0.116. The van der Waals surface area contributed by atoms with Crippen LogP contribution in [-0.2, 0) is 11.2 Å². The van der Waals surface area contributed by atoms with Crippen molar-refractivity contribution in [3.63, 3.8) is 0 Å². The van der Waals surface area contributed by atoms with Crippen LogP contribution in [0.25, 0.3) is 0 Å². The molecule has 0 fully saturated rings.